The predicted octanol–water partition coefficient (Wildman–Crippen LogP) is 2.28. The smallest absolute Gasteiger partial charge is 0.227 e. The van der Waals surface area contributed by atoms with Crippen molar-refractivity contribution in [1.82, 2.24) is 5.32 Å². The van der Waals surface area contributed by atoms with Crippen LogP contribution < -0.4 is 5.32 Å². The molecule has 2 N–H and O–H groups in total. The number of benzene rings is 1. The second-order valence-electron chi connectivity index (χ2n) is 5.33. The molecule has 18 heavy (non-hydrogen) atoms. The molecule has 0 aliphatic rings. The van der Waals surface area contributed by atoms with Crippen LogP contribution in [0, 0.1) is 5.41 Å². The van der Waals surface area contributed by atoms with E-state index >= 15 is 0 Å². The molecule has 0 aliphatic carbocycles. The summed E-state index contributed by atoms with van der Waals surface area (Å²) in [6.45, 7) is 5.18. The Morgan fingerprint density at radius 1 is 1.28 bits per heavy atom. The van der Waals surface area contributed by atoms with E-state index in [1.807, 2.05) is 30.3 Å². The van der Waals surface area contributed by atoms with Crippen LogP contribution in [0.2, 0.25) is 0 Å². The van der Waals surface area contributed by atoms with Crippen molar-refractivity contribution in [3.05, 3.63) is 35.9 Å². The first-order valence-electron chi connectivity index (χ1n) is 5.91. The lowest BCUT2D eigenvalue weighted by atomic mass is 9.89. The Morgan fingerprint density at radius 3 is 2.28 bits per heavy atom. The quantitative estimate of drug-likeness (QED) is 0.806. The number of aliphatic hydroxyl groups excluding tert-OH is 1. The third kappa shape index (κ3) is 3.24. The number of hydrogen-bond donors (Lipinski definition) is 2. The summed E-state index contributed by atoms with van der Waals surface area (Å²) in [6, 6.07) is 9.41. The fraction of sp³-hybridized carbons (Fsp3) is 0.500. The maximum Gasteiger partial charge on any atom is 0.227 e. The van der Waals surface area contributed by atoms with Crippen LogP contribution in [0.3, 0.4) is 0 Å². The number of hydrogen-bond acceptors (Lipinski definition) is 2. The van der Waals surface area contributed by atoms with Crippen molar-refractivity contribution >= 4 is 17.5 Å². The number of rotatable bonds is 5. The van der Waals surface area contributed by atoms with E-state index in [9.17, 15) is 9.90 Å². The zero-order valence-corrected chi connectivity index (χ0v) is 11.8. The summed E-state index contributed by atoms with van der Waals surface area (Å²) in [5.74, 6) is 0.0627. The van der Waals surface area contributed by atoms with Gasteiger partial charge in [-0.05, 0) is 26.3 Å². The van der Waals surface area contributed by atoms with Crippen molar-refractivity contribution in [2.75, 3.05) is 12.5 Å². The van der Waals surface area contributed by atoms with Crippen molar-refractivity contribution in [2.24, 2.45) is 5.41 Å². The van der Waals surface area contributed by atoms with Gasteiger partial charge in [-0.1, -0.05) is 30.3 Å². The van der Waals surface area contributed by atoms with E-state index in [1.165, 1.54) is 0 Å². The van der Waals surface area contributed by atoms with Crippen LogP contribution in [0.25, 0.3) is 0 Å². The summed E-state index contributed by atoms with van der Waals surface area (Å²) in [4.78, 5) is 12.1. The van der Waals surface area contributed by atoms with Gasteiger partial charge in [0.05, 0.1) is 17.6 Å². The number of carbonyl (C=O) groups excluding carboxylic acids is 1. The van der Waals surface area contributed by atoms with Gasteiger partial charge >= 0.3 is 0 Å². The fourth-order valence-electron chi connectivity index (χ4n) is 1.49. The van der Waals surface area contributed by atoms with Crippen molar-refractivity contribution in [2.45, 2.75) is 26.3 Å². The van der Waals surface area contributed by atoms with Crippen molar-refractivity contribution in [3.8, 4) is 0 Å². The SMILES string of the molecule is CC(C)(CCl)C(=O)NC(C)(CO)c1ccccc1. The number of carbonyl (C=O) groups is 1. The zero-order valence-electron chi connectivity index (χ0n) is 11.0. The van der Waals surface area contributed by atoms with E-state index in [1.54, 1.807) is 20.8 Å². The first-order chi connectivity index (χ1) is 8.35. The van der Waals surface area contributed by atoms with Crippen LogP contribution in [-0.2, 0) is 10.3 Å². The predicted molar refractivity (Wildman–Crippen MR) is 73.5 cm³/mol. The average molecular weight is 270 g/mol. The highest BCUT2D eigenvalue weighted by atomic mass is 35.5. The van der Waals surface area contributed by atoms with Crippen molar-refractivity contribution in [1.29, 1.82) is 0 Å². The maximum atomic E-state index is 12.1. The molecular formula is C14H20ClNO2. The molecule has 0 saturated heterocycles. The fourth-order valence-corrected chi connectivity index (χ4v) is 1.61. The molecule has 4 heteroatoms. The number of nitrogens with one attached hydrogen (secondary N) is 1. The number of halogens is 1. The van der Waals surface area contributed by atoms with E-state index in [2.05, 4.69) is 5.32 Å². The average Bonchev–Trinajstić information content (AvgIpc) is 2.39. The summed E-state index contributed by atoms with van der Waals surface area (Å²) in [5, 5.41) is 12.5. The normalized spacial score (nSPS) is 14.9. The molecule has 0 saturated carbocycles. The van der Waals surface area contributed by atoms with Gasteiger partial charge in [0.25, 0.3) is 0 Å². The molecule has 1 atom stereocenters. The molecule has 0 bridgehead atoms. The van der Waals surface area contributed by atoms with Gasteiger partial charge < -0.3 is 10.4 Å². The number of amides is 1. The highest BCUT2D eigenvalue weighted by Gasteiger charge is 2.34. The highest BCUT2D eigenvalue weighted by molar-refractivity contribution is 6.19. The zero-order chi connectivity index (χ0) is 13.8. The second kappa shape index (κ2) is 5.72. The molecule has 0 aliphatic heterocycles. The highest BCUT2D eigenvalue weighted by Crippen LogP contribution is 2.24. The molecule has 0 radical (unpaired) electrons. The van der Waals surface area contributed by atoms with Gasteiger partial charge in [-0.25, -0.2) is 0 Å². The summed E-state index contributed by atoms with van der Waals surface area (Å²) < 4.78 is 0. The van der Waals surface area contributed by atoms with Crippen LogP contribution in [0.15, 0.2) is 30.3 Å². The Balaban J connectivity index is 2.95. The van der Waals surface area contributed by atoms with Crippen LogP contribution >= 0.6 is 11.6 Å². The molecule has 0 heterocycles. The van der Waals surface area contributed by atoms with Gasteiger partial charge in [0.15, 0.2) is 0 Å². The first kappa shape index (κ1) is 15.0. The van der Waals surface area contributed by atoms with E-state index in [4.69, 9.17) is 11.6 Å². The van der Waals surface area contributed by atoms with Crippen LogP contribution in [0.4, 0.5) is 0 Å². The topological polar surface area (TPSA) is 49.3 Å². The van der Waals surface area contributed by atoms with Crippen LogP contribution in [0.5, 0.6) is 0 Å². The number of aliphatic hydroxyl groups is 1. The molecule has 0 spiro atoms. The molecule has 0 aromatic heterocycles. The Hall–Kier alpha value is -1.06. The van der Waals surface area contributed by atoms with Crippen LogP contribution in [-0.4, -0.2) is 23.5 Å². The molecule has 1 unspecified atom stereocenters. The largest absolute Gasteiger partial charge is 0.394 e. The van der Waals surface area contributed by atoms with Crippen molar-refractivity contribution < 1.29 is 9.90 Å². The van der Waals surface area contributed by atoms with E-state index < -0.39 is 11.0 Å². The summed E-state index contributed by atoms with van der Waals surface area (Å²) in [5.41, 5.74) is -0.583. The molecule has 1 aromatic rings. The van der Waals surface area contributed by atoms with Gasteiger partial charge in [-0.15, -0.1) is 11.6 Å². The second-order valence-corrected chi connectivity index (χ2v) is 5.60. The summed E-state index contributed by atoms with van der Waals surface area (Å²) in [6.07, 6.45) is 0. The van der Waals surface area contributed by atoms with E-state index in [0.717, 1.165) is 5.56 Å². The lowest BCUT2D eigenvalue weighted by Crippen LogP contribution is -2.51. The minimum absolute atomic E-state index is 0.166. The monoisotopic (exact) mass is 269 g/mol. The Morgan fingerprint density at radius 2 is 1.83 bits per heavy atom. The third-order valence-corrected chi connectivity index (χ3v) is 3.73. The molecule has 0 fully saturated rings. The van der Waals surface area contributed by atoms with Crippen molar-refractivity contribution in [3.63, 3.8) is 0 Å². The minimum atomic E-state index is -0.790. The first-order valence-corrected chi connectivity index (χ1v) is 6.44. The van der Waals surface area contributed by atoms with Crippen LogP contribution in [0.1, 0.15) is 26.3 Å². The molecule has 1 aromatic carbocycles. The standard InChI is InChI=1S/C14H20ClNO2/c1-13(2,9-15)12(18)16-14(3,10-17)11-7-5-4-6-8-11/h4-8,17H,9-10H2,1-3H3,(H,16,18). The maximum absolute atomic E-state index is 12.1. The molecular weight excluding hydrogens is 250 g/mol. The summed E-state index contributed by atoms with van der Waals surface area (Å²) >= 11 is 5.78. The van der Waals surface area contributed by atoms with Gasteiger partial charge in [0.1, 0.15) is 0 Å². The molecule has 3 nitrogen and oxygen atoms in total. The molecule has 100 valence electrons. The number of alkyl halides is 1. The molecule has 1 amide bonds. The van der Waals surface area contributed by atoms with Gasteiger partial charge in [0, 0.05) is 5.88 Å². The molecule has 1 rings (SSSR count). The Bertz CT molecular complexity index is 406. The van der Waals surface area contributed by atoms with E-state index in [0.29, 0.717) is 0 Å². The Labute approximate surface area is 113 Å². The lowest BCUT2D eigenvalue weighted by Gasteiger charge is -2.33. The lowest BCUT2D eigenvalue weighted by molar-refractivity contribution is -0.130. The third-order valence-electron chi connectivity index (χ3n) is 3.07. The van der Waals surface area contributed by atoms with E-state index in [-0.39, 0.29) is 18.4 Å². The Kier molecular flexibility index (Phi) is 4.77. The van der Waals surface area contributed by atoms with Gasteiger partial charge in [-0.3, -0.25) is 4.79 Å². The van der Waals surface area contributed by atoms with Gasteiger partial charge in [-0.2, -0.15) is 0 Å². The summed E-state index contributed by atoms with van der Waals surface area (Å²) in [7, 11) is 0. The van der Waals surface area contributed by atoms with Gasteiger partial charge in [0.2, 0.25) is 5.91 Å². The minimum Gasteiger partial charge on any atom is -0.394 e.